The topological polar surface area (TPSA) is 76.7 Å². The van der Waals surface area contributed by atoms with Gasteiger partial charge in [-0.1, -0.05) is 6.07 Å². The molecule has 3 rings (SSSR count). The molecule has 18 heavy (non-hydrogen) atoms. The minimum atomic E-state index is -0.0140. The van der Waals surface area contributed by atoms with Crippen LogP contribution >= 0.6 is 0 Å². The molecule has 5 heteroatoms. The normalized spacial score (nSPS) is 10.9. The second-order valence-corrected chi connectivity index (χ2v) is 4.12. The highest BCUT2D eigenvalue weighted by Crippen LogP contribution is 2.22. The molecule has 0 spiro atoms. The maximum Gasteiger partial charge on any atom is 0.237 e. The van der Waals surface area contributed by atoms with Crippen molar-refractivity contribution in [1.82, 2.24) is 14.8 Å². The van der Waals surface area contributed by atoms with Crippen LogP contribution in [0, 0.1) is 0 Å². The van der Waals surface area contributed by atoms with Gasteiger partial charge in [-0.2, -0.15) is 5.10 Å². The van der Waals surface area contributed by atoms with E-state index in [4.69, 9.17) is 5.73 Å². The van der Waals surface area contributed by atoms with Crippen LogP contribution in [0.4, 0.5) is 5.69 Å². The molecule has 3 N–H and O–H groups in total. The molecule has 0 bridgehead atoms. The van der Waals surface area contributed by atoms with Crippen LogP contribution < -0.4 is 5.73 Å². The fraction of sp³-hybridized carbons (Fsp3) is 0.0769. The lowest BCUT2D eigenvalue weighted by Crippen LogP contribution is -2.12. The van der Waals surface area contributed by atoms with E-state index in [0.29, 0.717) is 12.1 Å². The molecule has 0 radical (unpaired) electrons. The number of hydrogen-bond acceptors (Lipinski definition) is 3. The van der Waals surface area contributed by atoms with Crippen molar-refractivity contribution in [3.05, 3.63) is 48.4 Å². The summed E-state index contributed by atoms with van der Waals surface area (Å²) in [4.78, 5) is 12.2. The number of carbonyl (C=O) groups excluding carboxylic acids is 1. The van der Waals surface area contributed by atoms with Crippen LogP contribution in [0.3, 0.4) is 0 Å². The van der Waals surface area contributed by atoms with E-state index in [9.17, 15) is 4.79 Å². The molecule has 0 aliphatic carbocycles. The molecule has 0 saturated heterocycles. The van der Waals surface area contributed by atoms with E-state index in [2.05, 4.69) is 10.2 Å². The Morgan fingerprint density at radius 3 is 3.00 bits per heavy atom. The SMILES string of the molecule is Nc1cccc2c1ccn2C(=O)Cc1ccn[nH]1. The highest BCUT2D eigenvalue weighted by Gasteiger charge is 2.11. The summed E-state index contributed by atoms with van der Waals surface area (Å²) in [5, 5.41) is 7.51. The summed E-state index contributed by atoms with van der Waals surface area (Å²) in [5.41, 5.74) is 8.18. The molecule has 0 aliphatic rings. The summed E-state index contributed by atoms with van der Waals surface area (Å²) in [6.07, 6.45) is 3.67. The van der Waals surface area contributed by atoms with Gasteiger partial charge in [0.2, 0.25) is 5.91 Å². The van der Waals surface area contributed by atoms with Crippen LogP contribution in [0.1, 0.15) is 10.5 Å². The molecule has 0 atom stereocenters. The van der Waals surface area contributed by atoms with Gasteiger partial charge in [0.15, 0.2) is 0 Å². The van der Waals surface area contributed by atoms with Gasteiger partial charge in [-0.3, -0.25) is 14.5 Å². The minimum Gasteiger partial charge on any atom is -0.398 e. The van der Waals surface area contributed by atoms with Crippen molar-refractivity contribution in [2.75, 3.05) is 5.73 Å². The lowest BCUT2D eigenvalue weighted by atomic mass is 10.2. The Hall–Kier alpha value is -2.56. The number of carbonyl (C=O) groups is 1. The number of fused-ring (bicyclic) bond motifs is 1. The Morgan fingerprint density at radius 2 is 2.22 bits per heavy atom. The van der Waals surface area contributed by atoms with Crippen LogP contribution in [0.2, 0.25) is 0 Å². The standard InChI is InChI=1S/C13H12N4O/c14-11-2-1-3-12-10(11)5-7-17(12)13(18)8-9-4-6-15-16-9/h1-7H,8,14H2,(H,15,16). The van der Waals surface area contributed by atoms with E-state index in [0.717, 1.165) is 16.6 Å². The summed E-state index contributed by atoms with van der Waals surface area (Å²) in [6.45, 7) is 0. The van der Waals surface area contributed by atoms with Crippen molar-refractivity contribution in [1.29, 1.82) is 0 Å². The van der Waals surface area contributed by atoms with Crippen molar-refractivity contribution in [2.45, 2.75) is 6.42 Å². The third-order valence-electron chi connectivity index (χ3n) is 2.94. The third-order valence-corrected chi connectivity index (χ3v) is 2.94. The van der Waals surface area contributed by atoms with Gasteiger partial charge in [-0.25, -0.2) is 0 Å². The fourth-order valence-electron chi connectivity index (χ4n) is 2.04. The molecule has 2 heterocycles. The van der Waals surface area contributed by atoms with Crippen LogP contribution in [-0.4, -0.2) is 20.7 Å². The monoisotopic (exact) mass is 240 g/mol. The Kier molecular flexibility index (Phi) is 2.37. The number of aromatic nitrogens is 3. The molecular formula is C13H12N4O. The first kappa shape index (κ1) is 10.6. The highest BCUT2D eigenvalue weighted by molar-refractivity contribution is 5.98. The Balaban J connectivity index is 1.99. The molecule has 0 unspecified atom stereocenters. The quantitative estimate of drug-likeness (QED) is 0.671. The molecule has 90 valence electrons. The molecule has 0 amide bonds. The second-order valence-electron chi connectivity index (χ2n) is 4.12. The van der Waals surface area contributed by atoms with Gasteiger partial charge < -0.3 is 5.73 Å². The van der Waals surface area contributed by atoms with Crippen molar-refractivity contribution in [3.8, 4) is 0 Å². The zero-order valence-corrected chi connectivity index (χ0v) is 9.63. The van der Waals surface area contributed by atoms with Gasteiger partial charge >= 0.3 is 0 Å². The summed E-state index contributed by atoms with van der Waals surface area (Å²) < 4.78 is 1.62. The smallest absolute Gasteiger partial charge is 0.237 e. The Bertz CT molecular complexity index is 697. The van der Waals surface area contributed by atoms with E-state index < -0.39 is 0 Å². The number of anilines is 1. The van der Waals surface area contributed by atoms with Crippen LogP contribution in [0.25, 0.3) is 10.9 Å². The largest absolute Gasteiger partial charge is 0.398 e. The van der Waals surface area contributed by atoms with E-state index >= 15 is 0 Å². The third kappa shape index (κ3) is 1.66. The molecule has 2 aromatic heterocycles. The number of nitrogens with zero attached hydrogens (tertiary/aromatic N) is 2. The number of hydrogen-bond donors (Lipinski definition) is 2. The van der Waals surface area contributed by atoms with Crippen molar-refractivity contribution in [3.63, 3.8) is 0 Å². The number of nitrogen functional groups attached to an aromatic ring is 1. The lowest BCUT2D eigenvalue weighted by molar-refractivity contribution is 0.0918. The van der Waals surface area contributed by atoms with Crippen molar-refractivity contribution >= 4 is 22.5 Å². The van der Waals surface area contributed by atoms with E-state index in [1.54, 1.807) is 23.0 Å². The van der Waals surface area contributed by atoms with Gasteiger partial charge in [0, 0.05) is 29.2 Å². The van der Waals surface area contributed by atoms with Gasteiger partial charge in [-0.15, -0.1) is 0 Å². The highest BCUT2D eigenvalue weighted by atomic mass is 16.2. The van der Waals surface area contributed by atoms with Crippen molar-refractivity contribution < 1.29 is 4.79 Å². The number of nitrogens with one attached hydrogen (secondary N) is 1. The Morgan fingerprint density at radius 1 is 1.33 bits per heavy atom. The average molecular weight is 240 g/mol. The molecule has 5 nitrogen and oxygen atoms in total. The summed E-state index contributed by atoms with van der Waals surface area (Å²) in [5.74, 6) is -0.0140. The van der Waals surface area contributed by atoms with Crippen LogP contribution in [0.15, 0.2) is 42.7 Å². The van der Waals surface area contributed by atoms with Gasteiger partial charge in [0.1, 0.15) is 0 Å². The Labute approximate surface area is 103 Å². The number of aromatic amines is 1. The van der Waals surface area contributed by atoms with Gasteiger partial charge in [0.05, 0.1) is 11.9 Å². The van der Waals surface area contributed by atoms with Crippen LogP contribution in [0.5, 0.6) is 0 Å². The van der Waals surface area contributed by atoms with Gasteiger partial charge in [-0.05, 0) is 24.3 Å². The number of rotatable bonds is 2. The number of benzene rings is 1. The lowest BCUT2D eigenvalue weighted by Gasteiger charge is -2.03. The zero-order chi connectivity index (χ0) is 12.5. The molecule has 0 fully saturated rings. The molecule has 0 aliphatic heterocycles. The maximum atomic E-state index is 12.2. The predicted octanol–water partition coefficient (Wildman–Crippen LogP) is 1.83. The molecule has 1 aromatic carbocycles. The zero-order valence-electron chi connectivity index (χ0n) is 9.63. The van der Waals surface area contributed by atoms with E-state index in [1.165, 1.54) is 0 Å². The molecule has 3 aromatic rings. The molecule has 0 saturated carbocycles. The number of nitrogens with two attached hydrogens (primary N) is 1. The predicted molar refractivity (Wildman–Crippen MR) is 69.3 cm³/mol. The first-order valence-electron chi connectivity index (χ1n) is 5.63. The van der Waals surface area contributed by atoms with E-state index in [-0.39, 0.29) is 5.91 Å². The van der Waals surface area contributed by atoms with Gasteiger partial charge in [0.25, 0.3) is 0 Å². The van der Waals surface area contributed by atoms with Crippen LogP contribution in [-0.2, 0) is 6.42 Å². The first-order valence-corrected chi connectivity index (χ1v) is 5.63. The molecular weight excluding hydrogens is 228 g/mol. The summed E-state index contributed by atoms with van der Waals surface area (Å²) in [6, 6.07) is 9.20. The fourth-order valence-corrected chi connectivity index (χ4v) is 2.04. The maximum absolute atomic E-state index is 12.2. The first-order chi connectivity index (χ1) is 8.75. The average Bonchev–Trinajstić information content (AvgIpc) is 2.98. The second kappa shape index (κ2) is 4.03. The van der Waals surface area contributed by atoms with E-state index in [1.807, 2.05) is 24.3 Å². The minimum absolute atomic E-state index is 0.0140. The summed E-state index contributed by atoms with van der Waals surface area (Å²) in [7, 11) is 0. The number of H-pyrrole nitrogens is 1. The van der Waals surface area contributed by atoms with Crippen molar-refractivity contribution in [2.24, 2.45) is 0 Å². The summed E-state index contributed by atoms with van der Waals surface area (Å²) >= 11 is 0.